The smallest absolute Gasteiger partial charge is 0.343 e. The highest BCUT2D eigenvalue weighted by molar-refractivity contribution is 9.10. The standard InChI is InChI=1S/C31H24BrClN2O6/c32-21-11-7-18(8-12-21)31(40)41-22-13-9-17(10-14-22)25(36)16-34(28(37)23-3-1-2-4-24(23)33)35-29(38)26-19-5-6-20(15-19)27(26)30(35)39/h1-4,7-14,19-20,26-27H,5-6,15-16H2/t19-,20-,26-,27-/m0/s1. The van der Waals surface area contributed by atoms with Gasteiger partial charge in [0.05, 0.1) is 28.0 Å². The fourth-order valence-corrected chi connectivity index (χ4v) is 6.81. The maximum atomic E-state index is 13.7. The van der Waals surface area contributed by atoms with Crippen molar-refractivity contribution in [1.82, 2.24) is 10.0 Å². The van der Waals surface area contributed by atoms with Crippen LogP contribution in [0.2, 0.25) is 5.02 Å². The summed E-state index contributed by atoms with van der Waals surface area (Å²) in [5, 5.41) is 1.97. The van der Waals surface area contributed by atoms with E-state index < -0.39 is 47.9 Å². The average Bonchev–Trinajstić information content (AvgIpc) is 3.66. The summed E-state index contributed by atoms with van der Waals surface area (Å²) in [6, 6.07) is 18.9. The molecule has 4 atom stereocenters. The highest BCUT2D eigenvalue weighted by Crippen LogP contribution is 2.56. The lowest BCUT2D eigenvalue weighted by atomic mass is 9.81. The van der Waals surface area contributed by atoms with Crippen molar-refractivity contribution in [3.8, 4) is 5.75 Å². The second-order valence-corrected chi connectivity index (χ2v) is 11.9. The van der Waals surface area contributed by atoms with Crippen molar-refractivity contribution in [3.05, 3.63) is 99.0 Å². The van der Waals surface area contributed by atoms with Gasteiger partial charge < -0.3 is 4.74 Å². The van der Waals surface area contributed by atoms with Crippen molar-refractivity contribution < 1.29 is 28.7 Å². The number of rotatable bonds is 7. The number of Topliss-reactive ketones (excluding diaryl/α,β-unsaturated/α-hetero) is 1. The number of hydrazine groups is 1. The molecule has 0 unspecified atom stereocenters. The molecule has 2 saturated carbocycles. The fourth-order valence-electron chi connectivity index (χ4n) is 6.33. The zero-order valence-electron chi connectivity index (χ0n) is 21.7. The lowest BCUT2D eigenvalue weighted by Crippen LogP contribution is -2.52. The minimum Gasteiger partial charge on any atom is -0.423 e. The number of carbonyl (C=O) groups excluding carboxylic acids is 5. The molecule has 10 heteroatoms. The van der Waals surface area contributed by atoms with Crippen LogP contribution in [0, 0.1) is 23.7 Å². The molecule has 0 aromatic heterocycles. The Balaban J connectivity index is 1.24. The van der Waals surface area contributed by atoms with Crippen LogP contribution in [-0.2, 0) is 9.59 Å². The monoisotopic (exact) mass is 634 g/mol. The third-order valence-electron chi connectivity index (χ3n) is 8.24. The van der Waals surface area contributed by atoms with Crippen molar-refractivity contribution in [3.63, 3.8) is 0 Å². The number of nitrogens with zero attached hydrogens (tertiary/aromatic N) is 2. The van der Waals surface area contributed by atoms with Gasteiger partial charge in [0.25, 0.3) is 17.7 Å². The molecule has 1 saturated heterocycles. The lowest BCUT2D eigenvalue weighted by molar-refractivity contribution is -0.155. The lowest BCUT2D eigenvalue weighted by Gasteiger charge is -2.31. The van der Waals surface area contributed by atoms with Gasteiger partial charge in [0.15, 0.2) is 5.78 Å². The summed E-state index contributed by atoms with van der Waals surface area (Å²) in [5.74, 6) is -3.10. The van der Waals surface area contributed by atoms with Crippen LogP contribution >= 0.6 is 27.5 Å². The maximum absolute atomic E-state index is 13.7. The van der Waals surface area contributed by atoms with E-state index >= 15 is 0 Å². The summed E-state index contributed by atoms with van der Waals surface area (Å²) in [7, 11) is 0. The molecule has 2 aliphatic carbocycles. The van der Waals surface area contributed by atoms with Gasteiger partial charge in [-0.25, -0.2) is 9.80 Å². The summed E-state index contributed by atoms with van der Waals surface area (Å²) < 4.78 is 6.23. The van der Waals surface area contributed by atoms with Gasteiger partial charge in [-0.15, -0.1) is 0 Å². The Kier molecular flexibility index (Phi) is 7.25. The van der Waals surface area contributed by atoms with Gasteiger partial charge in [-0.3, -0.25) is 19.2 Å². The van der Waals surface area contributed by atoms with Crippen molar-refractivity contribution in [2.24, 2.45) is 23.7 Å². The Morgan fingerprint density at radius 3 is 2.05 bits per heavy atom. The van der Waals surface area contributed by atoms with Crippen LogP contribution in [0.4, 0.5) is 0 Å². The molecule has 3 aromatic carbocycles. The summed E-state index contributed by atoms with van der Waals surface area (Å²) in [6.07, 6.45) is 2.61. The molecule has 0 spiro atoms. The predicted octanol–water partition coefficient (Wildman–Crippen LogP) is 5.59. The van der Waals surface area contributed by atoms with Crippen LogP contribution in [0.25, 0.3) is 0 Å². The predicted molar refractivity (Wildman–Crippen MR) is 152 cm³/mol. The number of hydrogen-bond acceptors (Lipinski definition) is 6. The summed E-state index contributed by atoms with van der Waals surface area (Å²) in [6.45, 7) is -0.547. The van der Waals surface area contributed by atoms with Crippen LogP contribution in [-0.4, -0.2) is 46.0 Å². The summed E-state index contributed by atoms with van der Waals surface area (Å²) in [4.78, 5) is 66.7. The molecule has 1 aliphatic heterocycles. The Bertz CT molecular complexity index is 1550. The van der Waals surface area contributed by atoms with E-state index in [4.69, 9.17) is 16.3 Å². The molecule has 3 aromatic rings. The number of halogens is 2. The molecule has 3 fully saturated rings. The van der Waals surface area contributed by atoms with E-state index in [0.717, 1.165) is 33.8 Å². The van der Waals surface area contributed by atoms with Crippen molar-refractivity contribution in [1.29, 1.82) is 0 Å². The fraction of sp³-hybridized carbons (Fsp3) is 0.258. The van der Waals surface area contributed by atoms with Crippen LogP contribution < -0.4 is 4.74 Å². The largest absolute Gasteiger partial charge is 0.423 e. The highest BCUT2D eigenvalue weighted by Gasteiger charge is 2.62. The van der Waals surface area contributed by atoms with Crippen LogP contribution in [0.3, 0.4) is 0 Å². The number of fused-ring (bicyclic) bond motifs is 5. The van der Waals surface area contributed by atoms with Crippen LogP contribution in [0.1, 0.15) is 50.3 Å². The van der Waals surface area contributed by atoms with Gasteiger partial charge in [-0.2, -0.15) is 5.01 Å². The first-order valence-electron chi connectivity index (χ1n) is 13.3. The second kappa shape index (κ2) is 10.9. The van der Waals surface area contributed by atoms with Crippen molar-refractivity contribution in [2.45, 2.75) is 19.3 Å². The van der Waals surface area contributed by atoms with E-state index in [2.05, 4.69) is 15.9 Å². The Morgan fingerprint density at radius 2 is 1.44 bits per heavy atom. The number of benzene rings is 3. The number of imide groups is 1. The van der Waals surface area contributed by atoms with Gasteiger partial charge in [0, 0.05) is 10.0 Å². The Hall–Kier alpha value is -3.82. The van der Waals surface area contributed by atoms with Gasteiger partial charge in [-0.05, 0) is 91.8 Å². The minimum atomic E-state index is -0.710. The first kappa shape index (κ1) is 27.4. The number of amides is 3. The minimum absolute atomic E-state index is 0.0813. The second-order valence-electron chi connectivity index (χ2n) is 10.6. The topological polar surface area (TPSA) is 101 Å². The third-order valence-corrected chi connectivity index (χ3v) is 9.10. The van der Waals surface area contributed by atoms with E-state index in [0.29, 0.717) is 5.56 Å². The van der Waals surface area contributed by atoms with E-state index in [1.54, 1.807) is 36.4 Å². The third kappa shape index (κ3) is 4.97. The van der Waals surface area contributed by atoms with Crippen molar-refractivity contribution in [2.75, 3.05) is 6.54 Å². The summed E-state index contributed by atoms with van der Waals surface area (Å²) >= 11 is 9.61. The SMILES string of the molecule is O=C(CN(C(=O)c1ccccc1Cl)N1C(=O)[C@H]2[C@H]3CC[C@@H](C3)[C@@H]2C1=O)c1ccc(OC(=O)c2ccc(Br)cc2)cc1. The van der Waals surface area contributed by atoms with Gasteiger partial charge in [-0.1, -0.05) is 39.7 Å². The number of ketones is 1. The van der Waals surface area contributed by atoms with E-state index in [9.17, 15) is 24.0 Å². The zero-order valence-corrected chi connectivity index (χ0v) is 24.0. The molecule has 3 aliphatic rings. The molecule has 6 rings (SSSR count). The first-order chi connectivity index (χ1) is 19.7. The van der Waals surface area contributed by atoms with Gasteiger partial charge >= 0.3 is 5.97 Å². The van der Waals surface area contributed by atoms with Gasteiger partial charge in [0.2, 0.25) is 0 Å². The first-order valence-corrected chi connectivity index (χ1v) is 14.4. The zero-order chi connectivity index (χ0) is 28.8. The Labute approximate surface area is 249 Å². The number of hydrogen-bond donors (Lipinski definition) is 0. The molecule has 41 heavy (non-hydrogen) atoms. The molecule has 0 radical (unpaired) electrons. The molecule has 208 valence electrons. The highest BCUT2D eigenvalue weighted by atomic mass is 79.9. The molecule has 2 bridgehead atoms. The molecule has 8 nitrogen and oxygen atoms in total. The van der Waals surface area contributed by atoms with E-state index in [-0.39, 0.29) is 33.7 Å². The van der Waals surface area contributed by atoms with Crippen LogP contribution in [0.5, 0.6) is 5.75 Å². The normalized spacial score (nSPS) is 22.5. The van der Waals surface area contributed by atoms with Crippen molar-refractivity contribution >= 4 is 57.0 Å². The maximum Gasteiger partial charge on any atom is 0.343 e. The molecule has 1 heterocycles. The Morgan fingerprint density at radius 1 is 0.854 bits per heavy atom. The average molecular weight is 636 g/mol. The van der Waals surface area contributed by atoms with E-state index in [1.807, 2.05) is 0 Å². The number of ether oxygens (including phenoxy) is 1. The van der Waals surface area contributed by atoms with E-state index in [1.165, 1.54) is 36.4 Å². The van der Waals surface area contributed by atoms with Crippen LogP contribution in [0.15, 0.2) is 77.3 Å². The quantitative estimate of drug-likeness (QED) is 0.145. The number of carbonyl (C=O) groups is 5. The molecular weight excluding hydrogens is 612 g/mol. The van der Waals surface area contributed by atoms with Gasteiger partial charge in [0.1, 0.15) is 12.3 Å². The molecule has 3 amide bonds. The molecule has 0 N–H and O–H groups in total. The molecular formula is C31H24BrClN2O6. The summed E-state index contributed by atoms with van der Waals surface area (Å²) in [5.41, 5.74) is 0.655. The number of esters is 1.